The summed E-state index contributed by atoms with van der Waals surface area (Å²) in [6.07, 6.45) is 2.06. The Bertz CT molecular complexity index is 482. The third kappa shape index (κ3) is 2.40. The van der Waals surface area contributed by atoms with E-state index in [9.17, 15) is 8.78 Å². The average molecular weight is 302 g/mol. The van der Waals surface area contributed by atoms with E-state index in [0.717, 1.165) is 25.9 Å². The Kier molecular flexibility index (Phi) is 3.83. The number of hydrogen-bond donors (Lipinski definition) is 1. The van der Waals surface area contributed by atoms with Crippen molar-refractivity contribution < 1.29 is 18.0 Å². The van der Waals surface area contributed by atoms with Crippen LogP contribution in [0.25, 0.3) is 0 Å². The van der Waals surface area contributed by atoms with E-state index in [1.807, 2.05) is 4.90 Å². The van der Waals surface area contributed by atoms with Gasteiger partial charge in [-0.05, 0) is 18.0 Å². The molecule has 2 fully saturated rings. The molecule has 1 saturated carbocycles. The summed E-state index contributed by atoms with van der Waals surface area (Å²) in [6.45, 7) is 2.92. The minimum atomic E-state index is -3.27. The number of alkyl halides is 2. The van der Waals surface area contributed by atoms with Crippen LogP contribution < -0.4 is 10.2 Å². The van der Waals surface area contributed by atoms with Gasteiger partial charge in [0.05, 0.1) is 0 Å². The highest BCUT2D eigenvalue weighted by atomic mass is 19.3. The molecule has 0 unspecified atom stereocenters. The number of ether oxygens (including phenoxy) is 1. The lowest BCUT2D eigenvalue weighted by atomic mass is 9.93. The summed E-state index contributed by atoms with van der Waals surface area (Å²) in [4.78, 5) is 5.77. The molecule has 1 aliphatic carbocycles. The van der Waals surface area contributed by atoms with E-state index in [4.69, 9.17) is 9.26 Å². The second-order valence-electron chi connectivity index (χ2n) is 5.62. The van der Waals surface area contributed by atoms with Crippen molar-refractivity contribution in [2.75, 3.05) is 38.2 Å². The van der Waals surface area contributed by atoms with Gasteiger partial charge < -0.3 is 19.5 Å². The number of anilines is 1. The molecule has 1 N–H and O–H groups in total. The van der Waals surface area contributed by atoms with Gasteiger partial charge in [-0.15, -0.1) is 0 Å². The SMILES string of the molecule is COC1(C(F)(F)c2nc(N3CCNCC3)no2)CCCC1. The third-order valence-corrected chi connectivity index (χ3v) is 4.46. The van der Waals surface area contributed by atoms with Crippen molar-refractivity contribution in [1.29, 1.82) is 0 Å². The summed E-state index contributed by atoms with van der Waals surface area (Å²) in [5.41, 5.74) is -1.51. The van der Waals surface area contributed by atoms with Crippen molar-refractivity contribution in [1.82, 2.24) is 15.5 Å². The van der Waals surface area contributed by atoms with Gasteiger partial charge in [0, 0.05) is 33.3 Å². The molecule has 1 aromatic heterocycles. The number of rotatable bonds is 4. The van der Waals surface area contributed by atoms with Gasteiger partial charge in [0.2, 0.25) is 0 Å². The monoisotopic (exact) mass is 302 g/mol. The van der Waals surface area contributed by atoms with Gasteiger partial charge in [0.1, 0.15) is 5.60 Å². The van der Waals surface area contributed by atoms with Gasteiger partial charge in [-0.3, -0.25) is 0 Å². The van der Waals surface area contributed by atoms with E-state index in [1.165, 1.54) is 7.11 Å². The summed E-state index contributed by atoms with van der Waals surface area (Å²) in [7, 11) is 1.33. The molecule has 0 atom stereocenters. The highest BCUT2D eigenvalue weighted by Crippen LogP contribution is 2.49. The molecule has 0 amide bonds. The molecule has 1 aromatic rings. The van der Waals surface area contributed by atoms with Crippen molar-refractivity contribution in [2.24, 2.45) is 0 Å². The summed E-state index contributed by atoms with van der Waals surface area (Å²) >= 11 is 0. The molecule has 118 valence electrons. The normalized spacial score (nSPS) is 22.7. The molecule has 21 heavy (non-hydrogen) atoms. The molecule has 0 radical (unpaired) electrons. The second-order valence-corrected chi connectivity index (χ2v) is 5.62. The first kappa shape index (κ1) is 14.6. The number of nitrogens with zero attached hydrogens (tertiary/aromatic N) is 3. The van der Waals surface area contributed by atoms with E-state index in [-0.39, 0.29) is 5.95 Å². The first-order chi connectivity index (χ1) is 10.1. The number of aromatic nitrogens is 2. The molecule has 3 rings (SSSR count). The van der Waals surface area contributed by atoms with Crippen LogP contribution in [0.3, 0.4) is 0 Å². The zero-order chi connectivity index (χ0) is 14.9. The molecule has 2 heterocycles. The molecule has 8 heteroatoms. The predicted molar refractivity (Wildman–Crippen MR) is 71.5 cm³/mol. The molecule has 6 nitrogen and oxygen atoms in total. The summed E-state index contributed by atoms with van der Waals surface area (Å²) in [5.74, 6) is -3.67. The Morgan fingerprint density at radius 2 is 1.95 bits per heavy atom. The minimum Gasteiger partial charge on any atom is -0.371 e. The Hall–Kier alpha value is -1.28. The van der Waals surface area contributed by atoms with Gasteiger partial charge in [0.15, 0.2) is 0 Å². The molecular formula is C13H20F2N4O2. The van der Waals surface area contributed by atoms with Gasteiger partial charge in [0.25, 0.3) is 5.95 Å². The average Bonchev–Trinajstić information content (AvgIpc) is 3.18. The molecular weight excluding hydrogens is 282 g/mol. The largest absolute Gasteiger partial charge is 0.371 e. The quantitative estimate of drug-likeness (QED) is 0.910. The van der Waals surface area contributed by atoms with Crippen LogP contribution in [-0.4, -0.2) is 49.0 Å². The van der Waals surface area contributed by atoms with E-state index in [1.54, 1.807) is 0 Å². The van der Waals surface area contributed by atoms with Crippen LogP contribution in [-0.2, 0) is 10.7 Å². The maximum Gasteiger partial charge on any atom is 0.353 e. The van der Waals surface area contributed by atoms with E-state index < -0.39 is 17.4 Å². The van der Waals surface area contributed by atoms with Crippen LogP contribution in [0.2, 0.25) is 0 Å². The fourth-order valence-electron chi connectivity index (χ4n) is 3.12. The maximum atomic E-state index is 14.7. The lowest BCUT2D eigenvalue weighted by molar-refractivity contribution is -0.213. The third-order valence-electron chi connectivity index (χ3n) is 4.46. The van der Waals surface area contributed by atoms with Crippen molar-refractivity contribution in [3.05, 3.63) is 5.89 Å². The lowest BCUT2D eigenvalue weighted by Crippen LogP contribution is -2.46. The molecule has 1 aliphatic heterocycles. The topological polar surface area (TPSA) is 63.4 Å². The zero-order valence-electron chi connectivity index (χ0n) is 12.1. The standard InChI is InChI=1S/C13H20F2N4O2/c1-20-12(4-2-3-5-12)13(14,15)10-17-11(18-21-10)19-8-6-16-7-9-19/h16H,2-9H2,1H3. The van der Waals surface area contributed by atoms with Crippen LogP contribution >= 0.6 is 0 Å². The van der Waals surface area contributed by atoms with Gasteiger partial charge in [-0.25, -0.2) is 0 Å². The second kappa shape index (κ2) is 5.49. The smallest absolute Gasteiger partial charge is 0.353 e. The Balaban J connectivity index is 1.83. The summed E-state index contributed by atoms with van der Waals surface area (Å²) in [6, 6.07) is 0. The number of piperazine rings is 1. The van der Waals surface area contributed by atoms with E-state index in [0.29, 0.717) is 25.9 Å². The fraction of sp³-hybridized carbons (Fsp3) is 0.846. The number of halogens is 2. The highest BCUT2D eigenvalue weighted by Gasteiger charge is 2.60. The minimum absolute atomic E-state index is 0.232. The molecule has 1 saturated heterocycles. The van der Waals surface area contributed by atoms with Crippen molar-refractivity contribution in [3.8, 4) is 0 Å². The van der Waals surface area contributed by atoms with E-state index in [2.05, 4.69) is 15.5 Å². The summed E-state index contributed by atoms with van der Waals surface area (Å²) < 4.78 is 39.5. The van der Waals surface area contributed by atoms with Crippen LogP contribution in [0.4, 0.5) is 14.7 Å². The van der Waals surface area contributed by atoms with Crippen LogP contribution in [0.5, 0.6) is 0 Å². The van der Waals surface area contributed by atoms with Crippen LogP contribution in [0.1, 0.15) is 31.6 Å². The number of nitrogens with one attached hydrogen (secondary N) is 1. The first-order valence-electron chi connectivity index (χ1n) is 7.32. The molecule has 2 aliphatic rings. The Labute approximate surface area is 121 Å². The van der Waals surface area contributed by atoms with Crippen molar-refractivity contribution in [3.63, 3.8) is 0 Å². The van der Waals surface area contributed by atoms with Crippen LogP contribution in [0, 0.1) is 0 Å². The molecule has 0 aromatic carbocycles. The van der Waals surface area contributed by atoms with Crippen molar-refractivity contribution >= 4 is 5.95 Å². The number of hydrogen-bond acceptors (Lipinski definition) is 6. The predicted octanol–water partition coefficient (Wildman–Crippen LogP) is 1.53. The number of methoxy groups -OCH3 is 1. The molecule has 0 bridgehead atoms. The van der Waals surface area contributed by atoms with Crippen molar-refractivity contribution in [2.45, 2.75) is 37.2 Å². The van der Waals surface area contributed by atoms with Crippen LogP contribution in [0.15, 0.2) is 4.52 Å². The highest BCUT2D eigenvalue weighted by molar-refractivity contribution is 5.29. The fourth-order valence-corrected chi connectivity index (χ4v) is 3.12. The Morgan fingerprint density at radius 1 is 1.29 bits per heavy atom. The zero-order valence-corrected chi connectivity index (χ0v) is 12.1. The lowest BCUT2D eigenvalue weighted by Gasteiger charge is -2.33. The van der Waals surface area contributed by atoms with E-state index >= 15 is 0 Å². The first-order valence-corrected chi connectivity index (χ1v) is 7.32. The van der Waals surface area contributed by atoms with Gasteiger partial charge >= 0.3 is 11.8 Å². The maximum absolute atomic E-state index is 14.7. The van der Waals surface area contributed by atoms with Gasteiger partial charge in [-0.1, -0.05) is 12.8 Å². The van der Waals surface area contributed by atoms with Gasteiger partial charge in [-0.2, -0.15) is 13.8 Å². The Morgan fingerprint density at radius 3 is 2.57 bits per heavy atom. The summed E-state index contributed by atoms with van der Waals surface area (Å²) in [5, 5.41) is 6.90. The molecule has 0 spiro atoms.